The molecular weight excluding hydrogens is 396 g/mol. The Morgan fingerprint density at radius 2 is 2.07 bits per heavy atom. The summed E-state index contributed by atoms with van der Waals surface area (Å²) in [5.41, 5.74) is 0.655. The van der Waals surface area contributed by atoms with Crippen LogP contribution in [0, 0.1) is 11.3 Å². The molecule has 1 aromatic heterocycles. The highest BCUT2D eigenvalue weighted by Crippen LogP contribution is 2.24. The molecular formula is C18H20N6O4S. The van der Waals surface area contributed by atoms with Gasteiger partial charge in [0, 0.05) is 31.1 Å². The molecule has 0 saturated carbocycles. The van der Waals surface area contributed by atoms with Gasteiger partial charge in [-0.2, -0.15) is 5.26 Å². The number of anilines is 3. The molecule has 1 unspecified atom stereocenters. The molecule has 29 heavy (non-hydrogen) atoms. The largest absolute Gasteiger partial charge is 0.465 e. The van der Waals surface area contributed by atoms with Gasteiger partial charge in [0.05, 0.1) is 11.1 Å². The van der Waals surface area contributed by atoms with E-state index >= 15 is 0 Å². The number of benzene rings is 1. The molecule has 2 aromatic rings. The van der Waals surface area contributed by atoms with Crippen LogP contribution >= 0.6 is 0 Å². The predicted molar refractivity (Wildman–Crippen MR) is 106 cm³/mol. The van der Waals surface area contributed by atoms with Crippen molar-refractivity contribution in [2.24, 2.45) is 0 Å². The first kappa shape index (κ1) is 20.3. The molecule has 2 heterocycles. The van der Waals surface area contributed by atoms with Crippen LogP contribution in [0.3, 0.4) is 0 Å². The van der Waals surface area contributed by atoms with Crippen LogP contribution in [0.4, 0.5) is 22.1 Å². The van der Waals surface area contributed by atoms with Crippen LogP contribution in [-0.4, -0.2) is 55.0 Å². The topological polar surface area (TPSA) is 148 Å². The van der Waals surface area contributed by atoms with Crippen LogP contribution in [0.15, 0.2) is 35.4 Å². The van der Waals surface area contributed by atoms with Gasteiger partial charge in [-0.05, 0) is 37.1 Å². The predicted octanol–water partition coefficient (Wildman–Crippen LogP) is 1.73. The summed E-state index contributed by atoms with van der Waals surface area (Å²) in [4.78, 5) is 21.6. The van der Waals surface area contributed by atoms with E-state index in [1.165, 1.54) is 18.3 Å². The molecule has 1 aliphatic heterocycles. The molecule has 1 aliphatic rings. The van der Waals surface area contributed by atoms with E-state index in [0.717, 1.165) is 19.1 Å². The Bertz CT molecular complexity index is 1050. The molecule has 11 heteroatoms. The maximum Gasteiger partial charge on any atom is 0.404 e. The average molecular weight is 416 g/mol. The van der Waals surface area contributed by atoms with Gasteiger partial charge in [0.25, 0.3) is 0 Å². The quantitative estimate of drug-likeness (QED) is 0.662. The minimum Gasteiger partial charge on any atom is -0.465 e. The van der Waals surface area contributed by atoms with Gasteiger partial charge in [-0.25, -0.2) is 23.2 Å². The van der Waals surface area contributed by atoms with Crippen molar-refractivity contribution in [3.63, 3.8) is 0 Å². The fourth-order valence-corrected chi connectivity index (χ4v) is 3.73. The van der Waals surface area contributed by atoms with Gasteiger partial charge in [0.15, 0.2) is 21.3 Å². The van der Waals surface area contributed by atoms with Gasteiger partial charge in [-0.3, -0.25) is 0 Å². The van der Waals surface area contributed by atoms with Gasteiger partial charge >= 0.3 is 6.09 Å². The van der Waals surface area contributed by atoms with Crippen LogP contribution in [0.2, 0.25) is 0 Å². The minimum atomic E-state index is -3.30. The normalized spacial score (nSPS) is 16.7. The van der Waals surface area contributed by atoms with Gasteiger partial charge in [0.1, 0.15) is 11.9 Å². The third kappa shape index (κ3) is 5.11. The summed E-state index contributed by atoms with van der Waals surface area (Å²) in [5.74, 6) is 0.765. The highest BCUT2D eigenvalue weighted by molar-refractivity contribution is 7.90. The summed E-state index contributed by atoms with van der Waals surface area (Å²) in [6.45, 7) is 1.15. The van der Waals surface area contributed by atoms with Crippen molar-refractivity contribution < 1.29 is 18.3 Å². The maximum atomic E-state index is 11.6. The van der Waals surface area contributed by atoms with Gasteiger partial charge in [0.2, 0.25) is 0 Å². The SMILES string of the molecule is CS(=O)(=O)c1ccc(Nc2nc(N3CCCC(NC(=O)O)C3)cnc2C#N)cc1. The number of nitrogens with zero attached hydrogens (tertiary/aromatic N) is 4. The number of sulfone groups is 1. The second-order valence-electron chi connectivity index (χ2n) is 6.69. The van der Waals surface area contributed by atoms with Crippen molar-refractivity contribution in [1.29, 1.82) is 5.26 Å². The Labute approximate surface area is 168 Å². The number of amides is 1. The van der Waals surface area contributed by atoms with E-state index in [1.54, 1.807) is 12.1 Å². The Hall–Kier alpha value is -3.39. The second-order valence-corrected chi connectivity index (χ2v) is 8.71. The van der Waals surface area contributed by atoms with Crippen LogP contribution in [0.1, 0.15) is 18.5 Å². The van der Waals surface area contributed by atoms with Crippen LogP contribution in [0.5, 0.6) is 0 Å². The van der Waals surface area contributed by atoms with Crippen molar-refractivity contribution in [1.82, 2.24) is 15.3 Å². The molecule has 0 aliphatic carbocycles. The molecule has 10 nitrogen and oxygen atoms in total. The Kier molecular flexibility index (Phi) is 5.84. The van der Waals surface area contributed by atoms with E-state index in [0.29, 0.717) is 24.6 Å². The number of nitriles is 1. The van der Waals surface area contributed by atoms with Gasteiger partial charge in [-0.1, -0.05) is 0 Å². The molecule has 0 radical (unpaired) electrons. The number of rotatable bonds is 5. The van der Waals surface area contributed by atoms with Crippen molar-refractivity contribution in [2.45, 2.75) is 23.8 Å². The molecule has 152 valence electrons. The summed E-state index contributed by atoms with van der Waals surface area (Å²) in [7, 11) is -3.30. The zero-order valence-electron chi connectivity index (χ0n) is 15.7. The number of piperidine rings is 1. The Balaban J connectivity index is 1.82. The number of nitrogens with one attached hydrogen (secondary N) is 2. The van der Waals surface area contributed by atoms with Crippen molar-refractivity contribution >= 4 is 33.3 Å². The molecule has 0 bridgehead atoms. The molecule has 3 N–H and O–H groups in total. The first-order valence-electron chi connectivity index (χ1n) is 8.85. The van der Waals surface area contributed by atoms with Crippen LogP contribution in [0.25, 0.3) is 0 Å². The number of carboxylic acid groups (broad SMARTS) is 1. The van der Waals surface area contributed by atoms with E-state index in [9.17, 15) is 18.5 Å². The fraction of sp³-hybridized carbons (Fsp3) is 0.333. The number of hydrogen-bond donors (Lipinski definition) is 3. The average Bonchev–Trinajstić information content (AvgIpc) is 2.67. The van der Waals surface area contributed by atoms with E-state index in [1.807, 2.05) is 11.0 Å². The number of aromatic nitrogens is 2. The lowest BCUT2D eigenvalue weighted by molar-refractivity contribution is 0.188. The minimum absolute atomic E-state index is 0.0955. The van der Waals surface area contributed by atoms with Gasteiger partial charge < -0.3 is 20.6 Å². The smallest absolute Gasteiger partial charge is 0.404 e. The molecule has 1 saturated heterocycles. The maximum absolute atomic E-state index is 11.6. The summed E-state index contributed by atoms with van der Waals surface area (Å²) >= 11 is 0. The standard InChI is InChI=1S/C18H20N6O4S/c1-29(27,28)14-6-4-12(5-7-14)21-17-15(9-19)20-10-16(23-17)24-8-2-3-13(11-24)22-18(25)26/h4-7,10,13,22H,2-3,8,11H2,1H3,(H,21,23)(H,25,26). The third-order valence-corrected chi connectivity index (χ3v) is 5.61. The van der Waals surface area contributed by atoms with Crippen LogP contribution in [-0.2, 0) is 9.84 Å². The lowest BCUT2D eigenvalue weighted by atomic mass is 10.1. The number of hydrogen-bond acceptors (Lipinski definition) is 8. The molecule has 0 spiro atoms. The Morgan fingerprint density at radius 1 is 1.34 bits per heavy atom. The fourth-order valence-electron chi connectivity index (χ4n) is 3.10. The molecule has 3 rings (SSSR count). The monoisotopic (exact) mass is 416 g/mol. The third-order valence-electron chi connectivity index (χ3n) is 4.48. The lowest BCUT2D eigenvalue weighted by Crippen LogP contribution is -2.47. The van der Waals surface area contributed by atoms with Crippen molar-refractivity contribution in [2.75, 3.05) is 29.6 Å². The Morgan fingerprint density at radius 3 is 2.69 bits per heavy atom. The lowest BCUT2D eigenvalue weighted by Gasteiger charge is -2.33. The summed E-state index contributed by atoms with van der Waals surface area (Å²) in [5, 5.41) is 23.7. The van der Waals surface area contributed by atoms with Crippen molar-refractivity contribution in [3.8, 4) is 6.07 Å². The van der Waals surface area contributed by atoms with E-state index in [-0.39, 0.29) is 22.4 Å². The molecule has 1 atom stereocenters. The van der Waals surface area contributed by atoms with Crippen LogP contribution < -0.4 is 15.5 Å². The highest BCUT2D eigenvalue weighted by atomic mass is 32.2. The summed E-state index contributed by atoms with van der Waals surface area (Å²) < 4.78 is 23.2. The first-order valence-corrected chi connectivity index (χ1v) is 10.7. The van der Waals surface area contributed by atoms with E-state index in [2.05, 4.69) is 20.6 Å². The zero-order valence-corrected chi connectivity index (χ0v) is 16.5. The van der Waals surface area contributed by atoms with E-state index < -0.39 is 15.9 Å². The first-order chi connectivity index (χ1) is 13.8. The highest BCUT2D eigenvalue weighted by Gasteiger charge is 2.23. The van der Waals surface area contributed by atoms with Crippen molar-refractivity contribution in [3.05, 3.63) is 36.2 Å². The molecule has 1 aromatic carbocycles. The molecule has 1 amide bonds. The van der Waals surface area contributed by atoms with E-state index in [4.69, 9.17) is 5.11 Å². The van der Waals surface area contributed by atoms with Gasteiger partial charge in [-0.15, -0.1) is 0 Å². The second kappa shape index (κ2) is 8.32. The number of carbonyl (C=O) groups is 1. The summed E-state index contributed by atoms with van der Waals surface area (Å²) in [6, 6.07) is 7.86. The summed E-state index contributed by atoms with van der Waals surface area (Å²) in [6.07, 6.45) is 3.08. The molecule has 1 fully saturated rings. The zero-order chi connectivity index (χ0) is 21.0.